The lowest BCUT2D eigenvalue weighted by Crippen LogP contribution is -2.46. The van der Waals surface area contributed by atoms with Gasteiger partial charge in [-0.2, -0.15) is 0 Å². The van der Waals surface area contributed by atoms with Crippen molar-refractivity contribution < 1.29 is 0 Å². The molecule has 1 fully saturated rings. The summed E-state index contributed by atoms with van der Waals surface area (Å²) < 4.78 is 0. The molecule has 4 nitrogen and oxygen atoms in total. The van der Waals surface area contributed by atoms with Gasteiger partial charge in [0.1, 0.15) is 5.82 Å². The molecule has 0 spiro atoms. The van der Waals surface area contributed by atoms with Crippen molar-refractivity contribution in [3.8, 4) is 0 Å². The van der Waals surface area contributed by atoms with E-state index in [1.807, 2.05) is 12.3 Å². The number of nitrogens with one attached hydrogen (secondary N) is 1. The van der Waals surface area contributed by atoms with Gasteiger partial charge >= 0.3 is 0 Å². The molecule has 0 saturated carbocycles. The average Bonchev–Trinajstić information content (AvgIpc) is 2.45. The Labute approximate surface area is 127 Å². The Kier molecular flexibility index (Phi) is 5.64. The van der Waals surface area contributed by atoms with Crippen LogP contribution in [0.25, 0.3) is 0 Å². The summed E-state index contributed by atoms with van der Waals surface area (Å²) in [6, 6.07) is 2.50. The topological polar surface area (TPSA) is 31.4 Å². The van der Waals surface area contributed by atoms with Gasteiger partial charge in [-0.05, 0) is 18.2 Å². The van der Waals surface area contributed by atoms with Crippen LogP contribution in [0.2, 0.25) is 5.02 Å². The number of pyridine rings is 1. The summed E-state index contributed by atoms with van der Waals surface area (Å²) in [5.74, 6) is 0.927. The van der Waals surface area contributed by atoms with E-state index in [2.05, 4.69) is 40.9 Å². The Balaban J connectivity index is 1.99. The minimum absolute atomic E-state index is 0.468. The Morgan fingerprint density at radius 3 is 2.55 bits per heavy atom. The van der Waals surface area contributed by atoms with Crippen molar-refractivity contribution in [1.82, 2.24) is 15.2 Å². The second-order valence-electron chi connectivity index (χ2n) is 5.61. The van der Waals surface area contributed by atoms with Crippen LogP contribution in [0, 0.1) is 0 Å². The highest BCUT2D eigenvalue weighted by molar-refractivity contribution is 6.33. The Bertz CT molecular complexity index is 428. The van der Waals surface area contributed by atoms with Crippen molar-refractivity contribution in [2.24, 2.45) is 0 Å². The molecule has 112 valence electrons. The molecule has 5 heteroatoms. The first-order chi connectivity index (χ1) is 9.60. The van der Waals surface area contributed by atoms with Gasteiger partial charge in [0, 0.05) is 45.0 Å². The van der Waals surface area contributed by atoms with Gasteiger partial charge in [-0.15, -0.1) is 0 Å². The van der Waals surface area contributed by atoms with Crippen LogP contribution in [-0.2, 0) is 6.54 Å². The Morgan fingerprint density at radius 1 is 1.30 bits per heavy atom. The smallest absolute Gasteiger partial charge is 0.147 e. The molecule has 1 aliphatic heterocycles. The second kappa shape index (κ2) is 7.25. The number of hydrogen-bond acceptors (Lipinski definition) is 4. The van der Waals surface area contributed by atoms with E-state index in [1.54, 1.807) is 0 Å². The maximum absolute atomic E-state index is 6.40. The van der Waals surface area contributed by atoms with E-state index in [9.17, 15) is 0 Å². The predicted molar refractivity (Wildman–Crippen MR) is 85.5 cm³/mol. The first-order valence-electron chi connectivity index (χ1n) is 7.45. The number of rotatable bonds is 5. The molecule has 1 aromatic heterocycles. The molecule has 0 aliphatic carbocycles. The summed E-state index contributed by atoms with van der Waals surface area (Å²) in [7, 11) is 0. The monoisotopic (exact) mass is 296 g/mol. The first kappa shape index (κ1) is 15.5. The SMILES string of the molecule is CCN1CCN(c2ncc(CNC(C)C)cc2Cl)CC1. The molecule has 0 radical (unpaired) electrons. The van der Waals surface area contributed by atoms with E-state index in [1.165, 1.54) is 0 Å². The maximum Gasteiger partial charge on any atom is 0.147 e. The highest BCUT2D eigenvalue weighted by Crippen LogP contribution is 2.25. The van der Waals surface area contributed by atoms with Crippen LogP contribution in [0.4, 0.5) is 5.82 Å². The maximum atomic E-state index is 6.40. The normalized spacial score (nSPS) is 16.9. The number of likely N-dealkylation sites (N-methyl/N-ethyl adjacent to an activating group) is 1. The molecule has 2 rings (SSSR count). The molecule has 0 amide bonds. The van der Waals surface area contributed by atoms with Crippen molar-refractivity contribution >= 4 is 17.4 Å². The number of anilines is 1. The largest absolute Gasteiger partial charge is 0.353 e. The van der Waals surface area contributed by atoms with Gasteiger partial charge in [0.2, 0.25) is 0 Å². The molecule has 0 bridgehead atoms. The van der Waals surface area contributed by atoms with Gasteiger partial charge in [-0.3, -0.25) is 0 Å². The standard InChI is InChI=1S/C15H25ClN4/c1-4-19-5-7-20(8-6-19)15-14(16)9-13(11-18-15)10-17-12(2)3/h9,11-12,17H,4-8,10H2,1-3H3. The van der Waals surface area contributed by atoms with Crippen LogP contribution in [0.3, 0.4) is 0 Å². The summed E-state index contributed by atoms with van der Waals surface area (Å²) in [5, 5.41) is 4.14. The summed E-state index contributed by atoms with van der Waals surface area (Å²) >= 11 is 6.40. The van der Waals surface area contributed by atoms with E-state index in [4.69, 9.17) is 11.6 Å². The third-order valence-electron chi connectivity index (χ3n) is 3.71. The fourth-order valence-corrected chi connectivity index (χ4v) is 2.71. The third kappa shape index (κ3) is 4.08. The lowest BCUT2D eigenvalue weighted by Gasteiger charge is -2.35. The molecule has 1 saturated heterocycles. The van der Waals surface area contributed by atoms with Crippen LogP contribution in [0.5, 0.6) is 0 Å². The summed E-state index contributed by atoms with van der Waals surface area (Å²) in [6.07, 6.45) is 1.93. The molecule has 0 unspecified atom stereocenters. The molecule has 0 atom stereocenters. The van der Waals surface area contributed by atoms with Crippen LogP contribution in [-0.4, -0.2) is 48.6 Å². The Hall–Kier alpha value is -0.840. The zero-order valence-corrected chi connectivity index (χ0v) is 13.5. The zero-order chi connectivity index (χ0) is 14.5. The number of halogens is 1. The van der Waals surface area contributed by atoms with Crippen molar-refractivity contribution in [3.63, 3.8) is 0 Å². The van der Waals surface area contributed by atoms with E-state index in [-0.39, 0.29) is 0 Å². The highest BCUT2D eigenvalue weighted by atomic mass is 35.5. The van der Waals surface area contributed by atoms with Crippen LogP contribution < -0.4 is 10.2 Å². The molecular weight excluding hydrogens is 272 g/mol. The fourth-order valence-electron chi connectivity index (χ4n) is 2.40. The van der Waals surface area contributed by atoms with Crippen molar-refractivity contribution in [2.75, 3.05) is 37.6 Å². The molecule has 1 aromatic rings. The van der Waals surface area contributed by atoms with Gasteiger partial charge in [0.05, 0.1) is 5.02 Å². The van der Waals surface area contributed by atoms with Crippen molar-refractivity contribution in [1.29, 1.82) is 0 Å². The first-order valence-corrected chi connectivity index (χ1v) is 7.83. The van der Waals surface area contributed by atoms with Crippen LogP contribution >= 0.6 is 11.6 Å². The highest BCUT2D eigenvalue weighted by Gasteiger charge is 2.18. The quantitative estimate of drug-likeness (QED) is 0.904. The summed E-state index contributed by atoms with van der Waals surface area (Å²) in [6.45, 7) is 12.6. The number of piperazine rings is 1. The number of nitrogens with zero attached hydrogens (tertiary/aromatic N) is 3. The third-order valence-corrected chi connectivity index (χ3v) is 3.99. The van der Waals surface area contributed by atoms with Gasteiger partial charge in [0.15, 0.2) is 0 Å². The number of hydrogen-bond donors (Lipinski definition) is 1. The van der Waals surface area contributed by atoms with E-state index >= 15 is 0 Å². The minimum atomic E-state index is 0.468. The molecule has 1 aliphatic rings. The van der Waals surface area contributed by atoms with Gasteiger partial charge in [-0.1, -0.05) is 32.4 Å². The molecular formula is C15H25ClN4. The van der Waals surface area contributed by atoms with Gasteiger partial charge in [-0.25, -0.2) is 4.98 Å². The minimum Gasteiger partial charge on any atom is -0.353 e. The molecule has 0 aromatic carbocycles. The summed E-state index contributed by atoms with van der Waals surface area (Å²) in [4.78, 5) is 9.30. The van der Waals surface area contributed by atoms with E-state index in [0.717, 1.165) is 55.7 Å². The predicted octanol–water partition coefficient (Wildman–Crippen LogP) is 2.37. The number of aromatic nitrogens is 1. The summed E-state index contributed by atoms with van der Waals surface area (Å²) in [5.41, 5.74) is 1.14. The van der Waals surface area contributed by atoms with Gasteiger partial charge in [0.25, 0.3) is 0 Å². The lowest BCUT2D eigenvalue weighted by molar-refractivity contribution is 0.270. The van der Waals surface area contributed by atoms with E-state index < -0.39 is 0 Å². The van der Waals surface area contributed by atoms with Crippen molar-refractivity contribution in [3.05, 3.63) is 22.8 Å². The molecule has 20 heavy (non-hydrogen) atoms. The Morgan fingerprint density at radius 2 is 2.00 bits per heavy atom. The average molecular weight is 297 g/mol. The lowest BCUT2D eigenvalue weighted by atomic mass is 10.2. The van der Waals surface area contributed by atoms with Gasteiger partial charge < -0.3 is 15.1 Å². The fraction of sp³-hybridized carbons (Fsp3) is 0.667. The van der Waals surface area contributed by atoms with Crippen molar-refractivity contribution in [2.45, 2.75) is 33.4 Å². The zero-order valence-electron chi connectivity index (χ0n) is 12.7. The van der Waals surface area contributed by atoms with E-state index in [0.29, 0.717) is 6.04 Å². The molecule has 1 N–H and O–H groups in total. The van der Waals surface area contributed by atoms with Crippen LogP contribution in [0.1, 0.15) is 26.3 Å². The molecule has 2 heterocycles. The second-order valence-corrected chi connectivity index (χ2v) is 6.01. The van der Waals surface area contributed by atoms with Crippen LogP contribution in [0.15, 0.2) is 12.3 Å².